The molecule has 3 aromatic rings. The molecule has 0 aromatic heterocycles. The topological polar surface area (TPSA) is 49.7 Å². The van der Waals surface area contributed by atoms with Crippen molar-refractivity contribution in [1.29, 1.82) is 0 Å². The first-order chi connectivity index (χ1) is 14.1. The summed E-state index contributed by atoms with van der Waals surface area (Å²) in [6.45, 7) is 1.96. The highest BCUT2D eigenvalue weighted by Gasteiger charge is 2.46. The zero-order chi connectivity index (χ0) is 20.0. The van der Waals surface area contributed by atoms with E-state index < -0.39 is 10.0 Å². The van der Waals surface area contributed by atoms with Gasteiger partial charge in [0, 0.05) is 5.56 Å². The van der Waals surface area contributed by atoms with Crippen LogP contribution >= 0.6 is 0 Å². The highest BCUT2D eigenvalue weighted by molar-refractivity contribution is 7.89. The zero-order valence-electron chi connectivity index (χ0n) is 16.2. The Hall–Kier alpha value is -2.92. The smallest absolute Gasteiger partial charge is 0.257 e. The van der Waals surface area contributed by atoms with Gasteiger partial charge in [0.2, 0.25) is 0 Å². The second-order valence-electron chi connectivity index (χ2n) is 7.68. The molecular formula is C24H22N2O2S. The molecule has 0 radical (unpaired) electrons. The predicted molar refractivity (Wildman–Crippen MR) is 114 cm³/mol. The van der Waals surface area contributed by atoms with E-state index in [0.29, 0.717) is 10.7 Å². The van der Waals surface area contributed by atoms with Crippen molar-refractivity contribution in [2.45, 2.75) is 36.7 Å². The molecule has 1 heterocycles. The van der Waals surface area contributed by atoms with Crippen molar-refractivity contribution < 1.29 is 8.42 Å². The Bertz CT molecular complexity index is 1190. The summed E-state index contributed by atoms with van der Waals surface area (Å²) >= 11 is 0. The quantitative estimate of drug-likeness (QED) is 0.648. The van der Waals surface area contributed by atoms with Crippen molar-refractivity contribution in [2.24, 2.45) is 4.99 Å². The van der Waals surface area contributed by atoms with Gasteiger partial charge < -0.3 is 0 Å². The van der Waals surface area contributed by atoms with Gasteiger partial charge in [0.25, 0.3) is 10.0 Å². The summed E-state index contributed by atoms with van der Waals surface area (Å²) in [4.78, 5) is 5.29. The first-order valence-electron chi connectivity index (χ1n) is 9.88. The minimum absolute atomic E-state index is 0.171. The molecule has 0 N–H and O–H groups in total. The Morgan fingerprint density at radius 1 is 0.897 bits per heavy atom. The molecule has 1 aliphatic heterocycles. The van der Waals surface area contributed by atoms with Crippen LogP contribution in [0.1, 0.15) is 34.7 Å². The molecule has 0 saturated heterocycles. The minimum Gasteiger partial charge on any atom is -0.257 e. The maximum atomic E-state index is 13.7. The van der Waals surface area contributed by atoms with Crippen molar-refractivity contribution >= 4 is 15.9 Å². The number of hydrogen-bond acceptors (Lipinski definition) is 3. The lowest BCUT2D eigenvalue weighted by Crippen LogP contribution is -2.43. The molecule has 0 saturated carbocycles. The SMILES string of the molecule is Cc1ccc(S(=O)(=O)N2C(c3ccccc3)=NC3c4ccccc4CCC32)cc1. The third kappa shape index (κ3) is 2.97. The largest absolute Gasteiger partial charge is 0.265 e. The van der Waals surface area contributed by atoms with E-state index in [0.717, 1.165) is 29.5 Å². The summed E-state index contributed by atoms with van der Waals surface area (Å²) in [5.74, 6) is 0.540. The number of aliphatic imine (C=N–C) groups is 1. The molecule has 4 nitrogen and oxygen atoms in total. The lowest BCUT2D eigenvalue weighted by Gasteiger charge is -2.33. The van der Waals surface area contributed by atoms with Crippen LogP contribution in [0.4, 0.5) is 0 Å². The maximum Gasteiger partial charge on any atom is 0.265 e. The summed E-state index contributed by atoms with van der Waals surface area (Å²) in [5, 5.41) is 0. The Morgan fingerprint density at radius 2 is 1.59 bits per heavy atom. The molecule has 0 bridgehead atoms. The van der Waals surface area contributed by atoms with Crippen LogP contribution < -0.4 is 0 Å². The molecule has 0 spiro atoms. The van der Waals surface area contributed by atoms with Crippen LogP contribution in [0.15, 0.2) is 88.8 Å². The van der Waals surface area contributed by atoms with Crippen molar-refractivity contribution in [1.82, 2.24) is 4.31 Å². The minimum atomic E-state index is -3.72. The highest BCUT2D eigenvalue weighted by atomic mass is 32.2. The van der Waals surface area contributed by atoms with Gasteiger partial charge in [0.05, 0.1) is 17.0 Å². The molecule has 5 rings (SSSR count). The van der Waals surface area contributed by atoms with Gasteiger partial charge in [0.1, 0.15) is 5.84 Å². The number of nitrogens with zero attached hydrogens (tertiary/aromatic N) is 2. The van der Waals surface area contributed by atoms with Crippen molar-refractivity contribution in [3.05, 3.63) is 101 Å². The maximum absolute atomic E-state index is 13.7. The molecule has 3 aromatic carbocycles. The Morgan fingerprint density at radius 3 is 2.34 bits per heavy atom. The van der Waals surface area contributed by atoms with E-state index in [1.54, 1.807) is 16.4 Å². The van der Waals surface area contributed by atoms with Crippen LogP contribution in [0.2, 0.25) is 0 Å². The van der Waals surface area contributed by atoms with E-state index >= 15 is 0 Å². The molecule has 1 aliphatic carbocycles. The van der Waals surface area contributed by atoms with Gasteiger partial charge in [-0.25, -0.2) is 12.7 Å². The van der Waals surface area contributed by atoms with Crippen molar-refractivity contribution in [3.63, 3.8) is 0 Å². The fraction of sp³-hybridized carbons (Fsp3) is 0.208. The molecular weight excluding hydrogens is 380 g/mol. The fourth-order valence-corrected chi connectivity index (χ4v) is 6.04. The van der Waals surface area contributed by atoms with Gasteiger partial charge in [0.15, 0.2) is 0 Å². The lowest BCUT2D eigenvalue weighted by molar-refractivity contribution is 0.370. The first-order valence-corrected chi connectivity index (χ1v) is 11.3. The van der Waals surface area contributed by atoms with E-state index in [1.165, 1.54) is 5.56 Å². The summed E-state index contributed by atoms with van der Waals surface area (Å²) in [6.07, 6.45) is 1.61. The fourth-order valence-electron chi connectivity index (χ4n) is 4.37. The van der Waals surface area contributed by atoms with E-state index in [2.05, 4.69) is 12.1 Å². The third-order valence-corrected chi connectivity index (χ3v) is 7.66. The van der Waals surface area contributed by atoms with Gasteiger partial charge in [-0.3, -0.25) is 4.99 Å². The van der Waals surface area contributed by atoms with E-state index in [9.17, 15) is 8.42 Å². The van der Waals surface area contributed by atoms with Gasteiger partial charge in [-0.15, -0.1) is 0 Å². The van der Waals surface area contributed by atoms with Crippen LogP contribution in [0.5, 0.6) is 0 Å². The summed E-state index contributed by atoms with van der Waals surface area (Å²) in [7, 11) is -3.72. The summed E-state index contributed by atoms with van der Waals surface area (Å²) in [5.41, 5.74) is 4.26. The average Bonchev–Trinajstić information content (AvgIpc) is 3.16. The van der Waals surface area contributed by atoms with Crippen LogP contribution in [0.25, 0.3) is 0 Å². The molecule has 5 heteroatoms. The number of fused-ring (bicyclic) bond motifs is 3. The number of rotatable bonds is 3. The van der Waals surface area contributed by atoms with Crippen LogP contribution in [0, 0.1) is 6.92 Å². The second kappa shape index (κ2) is 6.85. The highest BCUT2D eigenvalue weighted by Crippen LogP contribution is 2.43. The molecule has 2 atom stereocenters. The van der Waals surface area contributed by atoms with Crippen LogP contribution in [0.3, 0.4) is 0 Å². The van der Waals surface area contributed by atoms with E-state index in [4.69, 9.17) is 4.99 Å². The normalized spacial score (nSPS) is 20.7. The molecule has 2 aliphatic rings. The third-order valence-electron chi connectivity index (χ3n) is 5.83. The van der Waals surface area contributed by atoms with Gasteiger partial charge in [-0.05, 0) is 43.0 Å². The van der Waals surface area contributed by atoms with E-state index in [1.807, 2.05) is 61.5 Å². The van der Waals surface area contributed by atoms with Gasteiger partial charge in [-0.1, -0.05) is 72.3 Å². The van der Waals surface area contributed by atoms with Gasteiger partial charge >= 0.3 is 0 Å². The number of benzene rings is 3. The molecule has 0 fully saturated rings. The van der Waals surface area contributed by atoms with Crippen molar-refractivity contribution in [3.8, 4) is 0 Å². The monoisotopic (exact) mass is 402 g/mol. The number of sulfonamides is 1. The standard InChI is InChI=1S/C24H22N2O2S/c1-17-11-14-20(15-12-17)29(27,28)26-22-16-13-18-7-5-6-10-21(18)23(22)25-24(26)19-8-3-2-4-9-19/h2-12,14-15,22-23H,13,16H2,1H3. The Kier molecular flexibility index (Phi) is 4.28. The predicted octanol–water partition coefficient (Wildman–Crippen LogP) is 4.50. The van der Waals surface area contributed by atoms with Crippen LogP contribution in [-0.2, 0) is 16.4 Å². The number of amidine groups is 1. The average molecular weight is 403 g/mol. The zero-order valence-corrected chi connectivity index (χ0v) is 17.0. The molecule has 29 heavy (non-hydrogen) atoms. The van der Waals surface area contributed by atoms with E-state index in [-0.39, 0.29) is 12.1 Å². The molecule has 146 valence electrons. The Balaban J connectivity index is 1.67. The summed E-state index contributed by atoms with van der Waals surface area (Å²) < 4.78 is 29.1. The van der Waals surface area contributed by atoms with Gasteiger partial charge in [-0.2, -0.15) is 0 Å². The van der Waals surface area contributed by atoms with Crippen LogP contribution in [-0.4, -0.2) is 24.6 Å². The second-order valence-corrected chi connectivity index (χ2v) is 9.50. The first kappa shape index (κ1) is 18.1. The molecule has 0 amide bonds. The Labute approximate surface area is 171 Å². The number of hydrogen-bond donors (Lipinski definition) is 0. The summed E-state index contributed by atoms with van der Waals surface area (Å²) in [6, 6.07) is 24.6. The molecule has 2 unspecified atom stereocenters. The number of aryl methyl sites for hydroxylation is 2. The lowest BCUT2D eigenvalue weighted by atomic mass is 9.85. The van der Waals surface area contributed by atoms with Crippen molar-refractivity contribution in [2.75, 3.05) is 0 Å².